The lowest BCUT2D eigenvalue weighted by Gasteiger charge is -2.06. The number of halogens is 3. The zero-order valence-electron chi connectivity index (χ0n) is 8.34. The average molecular weight is 305 g/mol. The van der Waals surface area contributed by atoms with Crippen LogP contribution in [0.1, 0.15) is 5.69 Å². The van der Waals surface area contributed by atoms with Crippen molar-refractivity contribution in [2.45, 2.75) is 6.92 Å². The lowest BCUT2D eigenvalue weighted by molar-refractivity contribution is 0.619. The predicted molar refractivity (Wildman–Crippen MR) is 65.4 cm³/mol. The van der Waals surface area contributed by atoms with Gasteiger partial charge in [-0.2, -0.15) is 5.10 Å². The van der Waals surface area contributed by atoms with Crippen molar-refractivity contribution in [2.75, 3.05) is 5.73 Å². The van der Waals surface area contributed by atoms with Crippen molar-refractivity contribution >= 4 is 33.2 Å². The summed E-state index contributed by atoms with van der Waals surface area (Å²) in [5.74, 6) is -0.395. The van der Waals surface area contributed by atoms with Gasteiger partial charge in [-0.3, -0.25) is 0 Å². The molecule has 0 fully saturated rings. The van der Waals surface area contributed by atoms with Crippen LogP contribution in [-0.2, 0) is 0 Å². The van der Waals surface area contributed by atoms with Crippen molar-refractivity contribution in [3.8, 4) is 5.69 Å². The number of aromatic nitrogens is 2. The first-order chi connectivity index (χ1) is 7.49. The monoisotopic (exact) mass is 303 g/mol. The van der Waals surface area contributed by atoms with E-state index < -0.39 is 5.82 Å². The molecule has 0 bridgehead atoms. The second kappa shape index (κ2) is 4.07. The maximum Gasteiger partial charge on any atom is 0.139 e. The topological polar surface area (TPSA) is 43.8 Å². The minimum Gasteiger partial charge on any atom is -0.397 e. The largest absolute Gasteiger partial charge is 0.397 e. The number of aryl methyl sites for hydroxylation is 1. The number of hydrogen-bond acceptors (Lipinski definition) is 2. The van der Waals surface area contributed by atoms with Crippen LogP contribution < -0.4 is 5.73 Å². The Morgan fingerprint density at radius 2 is 2.19 bits per heavy atom. The fourth-order valence-corrected chi connectivity index (χ4v) is 1.80. The Hall–Kier alpha value is -1.07. The van der Waals surface area contributed by atoms with Crippen LogP contribution >= 0.6 is 27.5 Å². The molecule has 0 aliphatic rings. The summed E-state index contributed by atoms with van der Waals surface area (Å²) in [6.45, 7) is 1.77. The number of anilines is 1. The summed E-state index contributed by atoms with van der Waals surface area (Å²) in [7, 11) is 0. The maximum absolute atomic E-state index is 13.4. The molecule has 2 aromatic rings. The van der Waals surface area contributed by atoms with Gasteiger partial charge in [-0.25, -0.2) is 9.07 Å². The van der Waals surface area contributed by atoms with Gasteiger partial charge in [-0.15, -0.1) is 0 Å². The average Bonchev–Trinajstić information content (AvgIpc) is 2.53. The number of hydrogen-bond donors (Lipinski definition) is 1. The van der Waals surface area contributed by atoms with E-state index in [1.165, 1.54) is 16.8 Å². The van der Waals surface area contributed by atoms with Gasteiger partial charge < -0.3 is 5.73 Å². The third kappa shape index (κ3) is 1.92. The van der Waals surface area contributed by atoms with Crippen molar-refractivity contribution in [1.82, 2.24) is 9.78 Å². The van der Waals surface area contributed by atoms with Gasteiger partial charge in [0.05, 0.1) is 26.6 Å². The van der Waals surface area contributed by atoms with Crippen molar-refractivity contribution in [2.24, 2.45) is 0 Å². The summed E-state index contributed by atoms with van der Waals surface area (Å²) in [6, 6.07) is 2.80. The summed E-state index contributed by atoms with van der Waals surface area (Å²) < 4.78 is 15.2. The highest BCUT2D eigenvalue weighted by atomic mass is 79.9. The fourth-order valence-electron chi connectivity index (χ4n) is 1.31. The van der Waals surface area contributed by atoms with Crippen molar-refractivity contribution in [3.63, 3.8) is 0 Å². The van der Waals surface area contributed by atoms with E-state index >= 15 is 0 Å². The quantitative estimate of drug-likeness (QED) is 0.821. The molecule has 1 heterocycles. The molecular weight excluding hydrogens is 296 g/mol. The van der Waals surface area contributed by atoms with Gasteiger partial charge in [0.25, 0.3) is 0 Å². The van der Waals surface area contributed by atoms with E-state index in [2.05, 4.69) is 21.0 Å². The Kier molecular flexibility index (Phi) is 2.90. The van der Waals surface area contributed by atoms with E-state index in [9.17, 15) is 4.39 Å². The summed E-state index contributed by atoms with van der Waals surface area (Å²) >= 11 is 8.94. The molecule has 1 aromatic heterocycles. The predicted octanol–water partition coefficient (Wildman–Crippen LogP) is 3.32. The summed E-state index contributed by atoms with van der Waals surface area (Å²) in [5.41, 5.74) is 7.34. The van der Waals surface area contributed by atoms with Gasteiger partial charge >= 0.3 is 0 Å². The van der Waals surface area contributed by atoms with Crippen LogP contribution in [0.2, 0.25) is 5.02 Å². The lowest BCUT2D eigenvalue weighted by atomic mass is 10.2. The minimum atomic E-state index is -0.395. The molecule has 0 aliphatic heterocycles. The fraction of sp³-hybridized carbons (Fsp3) is 0.100. The second-order valence-corrected chi connectivity index (χ2v) is 4.59. The molecule has 0 aliphatic carbocycles. The second-order valence-electron chi connectivity index (χ2n) is 3.33. The van der Waals surface area contributed by atoms with Gasteiger partial charge in [0.1, 0.15) is 5.82 Å². The number of nitrogens with two attached hydrogens (primary N) is 1. The van der Waals surface area contributed by atoms with Gasteiger partial charge in [-0.1, -0.05) is 11.6 Å². The molecule has 84 valence electrons. The van der Waals surface area contributed by atoms with Crippen LogP contribution in [0.25, 0.3) is 5.69 Å². The summed E-state index contributed by atoms with van der Waals surface area (Å²) in [5, 5.41) is 4.65. The van der Waals surface area contributed by atoms with Gasteiger partial charge in [0, 0.05) is 12.3 Å². The van der Waals surface area contributed by atoms with Gasteiger partial charge in [0.2, 0.25) is 0 Å². The molecule has 1 aromatic carbocycles. The van der Waals surface area contributed by atoms with Crippen LogP contribution in [0.5, 0.6) is 0 Å². The highest BCUT2D eigenvalue weighted by Gasteiger charge is 2.10. The standard InChI is InChI=1S/C10H8BrClFN3/c1-5-7(12)4-16(15-5)10-3-8(13)6(11)2-9(10)14/h2-4H,14H2,1H3. The molecular formula is C10H8BrClFN3. The molecule has 2 rings (SSSR count). The first-order valence-corrected chi connectivity index (χ1v) is 5.63. The van der Waals surface area contributed by atoms with E-state index in [1.54, 1.807) is 13.1 Å². The van der Waals surface area contributed by atoms with Crippen molar-refractivity contribution in [1.29, 1.82) is 0 Å². The zero-order chi connectivity index (χ0) is 11.9. The molecule has 0 unspecified atom stereocenters. The highest BCUT2D eigenvalue weighted by Crippen LogP contribution is 2.26. The highest BCUT2D eigenvalue weighted by molar-refractivity contribution is 9.10. The first kappa shape index (κ1) is 11.4. The van der Waals surface area contributed by atoms with E-state index in [4.69, 9.17) is 17.3 Å². The Balaban J connectivity index is 2.60. The molecule has 3 nitrogen and oxygen atoms in total. The molecule has 0 amide bonds. The normalized spacial score (nSPS) is 10.8. The molecule has 6 heteroatoms. The van der Waals surface area contributed by atoms with Crippen LogP contribution in [0, 0.1) is 12.7 Å². The van der Waals surface area contributed by atoms with E-state index in [0.29, 0.717) is 26.6 Å². The van der Waals surface area contributed by atoms with E-state index in [1.807, 2.05) is 0 Å². The first-order valence-electron chi connectivity index (χ1n) is 4.45. The van der Waals surface area contributed by atoms with E-state index in [-0.39, 0.29) is 0 Å². The zero-order valence-corrected chi connectivity index (χ0v) is 10.7. The molecule has 0 saturated carbocycles. The summed E-state index contributed by atoms with van der Waals surface area (Å²) in [6.07, 6.45) is 1.59. The van der Waals surface area contributed by atoms with E-state index in [0.717, 1.165) is 0 Å². The molecule has 2 N–H and O–H groups in total. The SMILES string of the molecule is Cc1nn(-c2cc(F)c(Br)cc2N)cc1Cl. The van der Waals surface area contributed by atoms with Crippen LogP contribution in [0.15, 0.2) is 22.8 Å². The van der Waals surface area contributed by atoms with Gasteiger partial charge in [0.15, 0.2) is 0 Å². The Labute approximate surface area is 105 Å². The number of nitrogen functional groups attached to an aromatic ring is 1. The minimum absolute atomic E-state index is 0.323. The Bertz CT molecular complexity index is 534. The lowest BCUT2D eigenvalue weighted by Crippen LogP contribution is -2.01. The number of nitrogens with zero attached hydrogens (tertiary/aromatic N) is 2. The summed E-state index contributed by atoms with van der Waals surface area (Å²) in [4.78, 5) is 0. The van der Waals surface area contributed by atoms with Crippen molar-refractivity contribution in [3.05, 3.63) is 39.3 Å². The molecule has 0 radical (unpaired) electrons. The van der Waals surface area contributed by atoms with Crippen LogP contribution in [0.3, 0.4) is 0 Å². The smallest absolute Gasteiger partial charge is 0.139 e. The molecule has 0 spiro atoms. The number of rotatable bonds is 1. The number of benzene rings is 1. The molecule has 0 atom stereocenters. The third-order valence-corrected chi connectivity index (χ3v) is 3.13. The molecule has 0 saturated heterocycles. The Morgan fingerprint density at radius 1 is 1.50 bits per heavy atom. The van der Waals surface area contributed by atoms with Crippen LogP contribution in [0.4, 0.5) is 10.1 Å². The van der Waals surface area contributed by atoms with Crippen LogP contribution in [-0.4, -0.2) is 9.78 Å². The Morgan fingerprint density at radius 3 is 2.75 bits per heavy atom. The third-order valence-electron chi connectivity index (χ3n) is 2.16. The molecule has 16 heavy (non-hydrogen) atoms. The maximum atomic E-state index is 13.4. The van der Waals surface area contributed by atoms with Crippen molar-refractivity contribution < 1.29 is 4.39 Å². The van der Waals surface area contributed by atoms with Gasteiger partial charge in [-0.05, 0) is 28.9 Å².